The molecule has 98 valence electrons. The summed E-state index contributed by atoms with van der Waals surface area (Å²) in [6.07, 6.45) is 3.15. The van der Waals surface area contributed by atoms with Crippen LogP contribution in [-0.2, 0) is 11.3 Å². The van der Waals surface area contributed by atoms with E-state index in [1.165, 1.54) is 4.88 Å². The molecular weight excluding hydrogens is 244 g/mol. The van der Waals surface area contributed by atoms with Gasteiger partial charge in [-0.2, -0.15) is 0 Å². The summed E-state index contributed by atoms with van der Waals surface area (Å²) in [5.74, 6) is 0.387. The van der Waals surface area contributed by atoms with Gasteiger partial charge in [0.1, 0.15) is 0 Å². The van der Waals surface area contributed by atoms with Crippen molar-refractivity contribution in [2.75, 3.05) is 26.7 Å². The van der Waals surface area contributed by atoms with Crippen LogP contribution in [0.2, 0.25) is 0 Å². The van der Waals surface area contributed by atoms with Crippen molar-refractivity contribution < 1.29 is 4.79 Å². The Morgan fingerprint density at radius 2 is 2.00 bits per heavy atom. The van der Waals surface area contributed by atoms with Gasteiger partial charge >= 0.3 is 0 Å². The zero-order valence-corrected chi connectivity index (χ0v) is 11.7. The van der Waals surface area contributed by atoms with Crippen molar-refractivity contribution in [1.29, 1.82) is 0 Å². The molecule has 2 saturated heterocycles. The van der Waals surface area contributed by atoms with Crippen LogP contribution in [0.3, 0.4) is 0 Å². The third-order valence-electron chi connectivity index (χ3n) is 4.50. The Bertz CT molecular complexity index is 421. The zero-order chi connectivity index (χ0) is 12.6. The van der Waals surface area contributed by atoms with E-state index in [0.717, 1.165) is 45.4 Å². The van der Waals surface area contributed by atoms with Gasteiger partial charge in [-0.25, -0.2) is 0 Å². The summed E-state index contributed by atoms with van der Waals surface area (Å²) in [4.78, 5) is 18.0. The molecule has 2 aliphatic rings. The molecule has 1 spiro atoms. The molecule has 0 bridgehead atoms. The molecule has 0 radical (unpaired) electrons. The van der Waals surface area contributed by atoms with E-state index < -0.39 is 0 Å². The smallest absolute Gasteiger partial charge is 0.228 e. The number of piperidine rings is 1. The van der Waals surface area contributed by atoms with E-state index in [1.807, 2.05) is 23.3 Å². The second-order valence-electron chi connectivity index (χ2n) is 5.61. The van der Waals surface area contributed by atoms with Gasteiger partial charge in [0.15, 0.2) is 0 Å². The Balaban J connectivity index is 1.60. The van der Waals surface area contributed by atoms with Crippen molar-refractivity contribution in [3.63, 3.8) is 0 Å². The third-order valence-corrected chi connectivity index (χ3v) is 5.36. The zero-order valence-electron chi connectivity index (χ0n) is 10.9. The number of rotatable bonds is 2. The Labute approximate surface area is 112 Å². The Kier molecular flexibility index (Phi) is 3.16. The van der Waals surface area contributed by atoms with Crippen LogP contribution in [-0.4, -0.2) is 42.4 Å². The van der Waals surface area contributed by atoms with Crippen molar-refractivity contribution in [2.45, 2.75) is 25.8 Å². The number of amides is 1. The largest absolute Gasteiger partial charge is 0.345 e. The Morgan fingerprint density at radius 3 is 2.56 bits per heavy atom. The topological polar surface area (TPSA) is 23.6 Å². The van der Waals surface area contributed by atoms with Gasteiger partial charge in [-0.15, -0.1) is 11.3 Å². The minimum atomic E-state index is -0.0132. The van der Waals surface area contributed by atoms with Gasteiger partial charge in [0.2, 0.25) is 5.91 Å². The SMILES string of the molecule is CN1CCC2(CCN(Cc3cccs3)CC2)C1=O. The number of hydrogen-bond acceptors (Lipinski definition) is 3. The van der Waals surface area contributed by atoms with E-state index in [2.05, 4.69) is 22.4 Å². The molecule has 0 N–H and O–H groups in total. The summed E-state index contributed by atoms with van der Waals surface area (Å²) in [7, 11) is 1.94. The van der Waals surface area contributed by atoms with Gasteiger partial charge in [-0.1, -0.05) is 6.07 Å². The fourth-order valence-electron chi connectivity index (χ4n) is 3.22. The lowest BCUT2D eigenvalue weighted by atomic mass is 9.77. The molecule has 0 unspecified atom stereocenters. The number of likely N-dealkylation sites (tertiary alicyclic amines) is 2. The summed E-state index contributed by atoms with van der Waals surface area (Å²) in [5.41, 5.74) is -0.0132. The molecule has 2 aliphatic heterocycles. The highest BCUT2D eigenvalue weighted by Gasteiger charge is 2.46. The lowest BCUT2D eigenvalue weighted by molar-refractivity contribution is -0.137. The van der Waals surface area contributed by atoms with Gasteiger partial charge in [-0.3, -0.25) is 9.69 Å². The fraction of sp³-hybridized carbons (Fsp3) is 0.643. The van der Waals surface area contributed by atoms with Crippen molar-refractivity contribution in [1.82, 2.24) is 9.80 Å². The van der Waals surface area contributed by atoms with E-state index in [1.54, 1.807) is 0 Å². The quantitative estimate of drug-likeness (QED) is 0.817. The normalized spacial score (nSPS) is 24.1. The maximum absolute atomic E-state index is 12.2. The predicted octanol–water partition coefficient (Wildman–Crippen LogP) is 2.19. The van der Waals surface area contributed by atoms with Crippen LogP contribution in [0.25, 0.3) is 0 Å². The molecule has 0 atom stereocenters. The first-order valence-corrected chi connectivity index (χ1v) is 7.58. The van der Waals surface area contributed by atoms with Crippen molar-refractivity contribution in [3.05, 3.63) is 22.4 Å². The van der Waals surface area contributed by atoms with E-state index in [4.69, 9.17) is 0 Å². The van der Waals surface area contributed by atoms with Gasteiger partial charge in [0.25, 0.3) is 0 Å². The second kappa shape index (κ2) is 4.67. The summed E-state index contributed by atoms with van der Waals surface area (Å²) in [5, 5.41) is 2.14. The van der Waals surface area contributed by atoms with Crippen LogP contribution in [0.1, 0.15) is 24.1 Å². The molecular formula is C14H20N2OS. The summed E-state index contributed by atoms with van der Waals surface area (Å²) in [6, 6.07) is 4.31. The van der Waals surface area contributed by atoms with E-state index >= 15 is 0 Å². The third kappa shape index (κ3) is 2.08. The highest BCUT2D eigenvalue weighted by atomic mass is 32.1. The van der Waals surface area contributed by atoms with Gasteiger partial charge in [0, 0.05) is 25.0 Å². The first-order valence-electron chi connectivity index (χ1n) is 6.70. The van der Waals surface area contributed by atoms with Crippen LogP contribution < -0.4 is 0 Å². The molecule has 18 heavy (non-hydrogen) atoms. The van der Waals surface area contributed by atoms with Gasteiger partial charge in [-0.05, 0) is 43.8 Å². The maximum Gasteiger partial charge on any atom is 0.228 e. The van der Waals surface area contributed by atoms with Gasteiger partial charge in [0.05, 0.1) is 5.41 Å². The van der Waals surface area contributed by atoms with Crippen LogP contribution in [0, 0.1) is 5.41 Å². The molecule has 3 heterocycles. The maximum atomic E-state index is 12.2. The van der Waals surface area contributed by atoms with E-state index in [9.17, 15) is 4.79 Å². The van der Waals surface area contributed by atoms with E-state index in [0.29, 0.717) is 5.91 Å². The number of hydrogen-bond donors (Lipinski definition) is 0. The standard InChI is InChI=1S/C14H20N2OS/c1-15-7-4-14(13(15)17)5-8-16(9-6-14)11-12-3-2-10-18-12/h2-3,10H,4-9,11H2,1H3. The highest BCUT2D eigenvalue weighted by molar-refractivity contribution is 7.09. The fourth-order valence-corrected chi connectivity index (χ4v) is 3.97. The van der Waals surface area contributed by atoms with Crippen LogP contribution in [0.4, 0.5) is 0 Å². The van der Waals surface area contributed by atoms with Crippen LogP contribution >= 0.6 is 11.3 Å². The highest BCUT2D eigenvalue weighted by Crippen LogP contribution is 2.41. The first-order chi connectivity index (χ1) is 8.70. The van der Waals surface area contributed by atoms with Crippen molar-refractivity contribution in [3.8, 4) is 0 Å². The predicted molar refractivity (Wildman–Crippen MR) is 73.5 cm³/mol. The Morgan fingerprint density at radius 1 is 1.28 bits per heavy atom. The number of nitrogens with zero attached hydrogens (tertiary/aromatic N) is 2. The molecule has 3 nitrogen and oxygen atoms in total. The van der Waals surface area contributed by atoms with E-state index in [-0.39, 0.29) is 5.41 Å². The molecule has 1 aromatic heterocycles. The number of thiophene rings is 1. The average molecular weight is 264 g/mol. The molecule has 1 amide bonds. The summed E-state index contributed by atoms with van der Waals surface area (Å²) < 4.78 is 0. The summed E-state index contributed by atoms with van der Waals surface area (Å²) >= 11 is 1.82. The average Bonchev–Trinajstić information content (AvgIpc) is 2.98. The molecule has 2 fully saturated rings. The molecule has 0 aliphatic carbocycles. The Hall–Kier alpha value is -0.870. The van der Waals surface area contributed by atoms with Crippen LogP contribution in [0.5, 0.6) is 0 Å². The lowest BCUT2D eigenvalue weighted by Gasteiger charge is -2.37. The minimum absolute atomic E-state index is 0.0132. The lowest BCUT2D eigenvalue weighted by Crippen LogP contribution is -2.43. The molecule has 3 rings (SSSR count). The number of carbonyl (C=O) groups is 1. The first kappa shape index (κ1) is 12.2. The summed E-state index contributed by atoms with van der Waals surface area (Å²) in [6.45, 7) is 4.14. The second-order valence-corrected chi connectivity index (χ2v) is 6.64. The van der Waals surface area contributed by atoms with Crippen molar-refractivity contribution >= 4 is 17.2 Å². The molecule has 0 saturated carbocycles. The monoisotopic (exact) mass is 264 g/mol. The van der Waals surface area contributed by atoms with Crippen LogP contribution in [0.15, 0.2) is 17.5 Å². The number of carbonyl (C=O) groups excluding carboxylic acids is 1. The molecule has 0 aromatic carbocycles. The molecule has 1 aromatic rings. The molecule has 4 heteroatoms. The van der Waals surface area contributed by atoms with Crippen molar-refractivity contribution in [2.24, 2.45) is 5.41 Å². The minimum Gasteiger partial charge on any atom is -0.345 e. The van der Waals surface area contributed by atoms with Gasteiger partial charge < -0.3 is 4.90 Å².